The number of rotatable bonds is 5. The van der Waals surface area contributed by atoms with Crippen molar-refractivity contribution in [2.24, 2.45) is 5.92 Å². The van der Waals surface area contributed by atoms with Crippen LogP contribution in [-0.4, -0.2) is 41.0 Å². The lowest BCUT2D eigenvalue weighted by atomic mass is 9.98. The first-order chi connectivity index (χ1) is 14.1. The molecular formula is C22H23ClN2O4. The largest absolute Gasteiger partial charge is 0.466 e. The number of furan rings is 1. The highest BCUT2D eigenvalue weighted by molar-refractivity contribution is 6.31. The third kappa shape index (κ3) is 3.90. The van der Waals surface area contributed by atoms with E-state index in [0.717, 1.165) is 23.9 Å². The number of fused-ring (bicyclic) bond motifs is 1. The molecule has 2 aromatic heterocycles. The van der Waals surface area contributed by atoms with Crippen LogP contribution in [0, 0.1) is 5.92 Å². The number of hydrogen-bond donors (Lipinski definition) is 0. The Labute approximate surface area is 174 Å². The first-order valence-corrected chi connectivity index (χ1v) is 10.2. The molecule has 7 heteroatoms. The fourth-order valence-corrected chi connectivity index (χ4v) is 4.09. The number of piperidine rings is 1. The predicted octanol–water partition coefficient (Wildman–Crippen LogP) is 4.35. The molecule has 1 atom stereocenters. The highest BCUT2D eigenvalue weighted by Gasteiger charge is 2.31. The van der Waals surface area contributed by atoms with Crippen LogP contribution in [0.4, 0.5) is 0 Å². The minimum atomic E-state index is -0.275. The van der Waals surface area contributed by atoms with E-state index in [0.29, 0.717) is 42.5 Å². The molecule has 0 aliphatic carbocycles. The second-order valence-electron chi connectivity index (χ2n) is 7.22. The maximum atomic E-state index is 13.4. The summed E-state index contributed by atoms with van der Waals surface area (Å²) in [5.74, 6) is -0.620. The van der Waals surface area contributed by atoms with Crippen molar-refractivity contribution in [3.63, 3.8) is 0 Å². The van der Waals surface area contributed by atoms with Crippen molar-refractivity contribution in [1.82, 2.24) is 9.47 Å². The van der Waals surface area contributed by atoms with Gasteiger partial charge in [-0.15, -0.1) is 0 Å². The van der Waals surface area contributed by atoms with Crippen LogP contribution < -0.4 is 0 Å². The van der Waals surface area contributed by atoms with Crippen LogP contribution in [-0.2, 0) is 16.1 Å². The van der Waals surface area contributed by atoms with E-state index >= 15 is 0 Å². The monoisotopic (exact) mass is 414 g/mol. The number of aromatic nitrogens is 1. The Kier molecular flexibility index (Phi) is 5.62. The van der Waals surface area contributed by atoms with E-state index in [2.05, 4.69) is 0 Å². The Morgan fingerprint density at radius 2 is 2.10 bits per heavy atom. The van der Waals surface area contributed by atoms with Crippen molar-refractivity contribution in [1.29, 1.82) is 0 Å². The van der Waals surface area contributed by atoms with Crippen LogP contribution in [0.5, 0.6) is 0 Å². The predicted molar refractivity (Wildman–Crippen MR) is 110 cm³/mol. The molecule has 3 heterocycles. The van der Waals surface area contributed by atoms with Gasteiger partial charge in [0.1, 0.15) is 5.69 Å². The summed E-state index contributed by atoms with van der Waals surface area (Å²) in [7, 11) is 0. The van der Waals surface area contributed by atoms with Crippen LogP contribution in [0.25, 0.3) is 11.1 Å². The average molecular weight is 415 g/mol. The lowest BCUT2D eigenvalue weighted by Crippen LogP contribution is -2.43. The number of ether oxygens (including phenoxy) is 1. The highest BCUT2D eigenvalue weighted by atomic mass is 35.5. The van der Waals surface area contributed by atoms with E-state index in [4.69, 9.17) is 20.8 Å². The molecule has 1 saturated heterocycles. The number of hydrogen-bond acceptors (Lipinski definition) is 4. The van der Waals surface area contributed by atoms with Crippen molar-refractivity contribution >= 4 is 34.6 Å². The molecule has 1 aliphatic heterocycles. The summed E-state index contributed by atoms with van der Waals surface area (Å²) in [6, 6.07) is 11.2. The Morgan fingerprint density at radius 3 is 2.90 bits per heavy atom. The van der Waals surface area contributed by atoms with Gasteiger partial charge in [-0.25, -0.2) is 0 Å². The fourth-order valence-electron chi connectivity index (χ4n) is 3.90. The Hall–Kier alpha value is -2.73. The summed E-state index contributed by atoms with van der Waals surface area (Å²) in [6.07, 6.45) is 3.13. The normalized spacial score (nSPS) is 16.9. The summed E-state index contributed by atoms with van der Waals surface area (Å²) in [6.45, 7) is 3.59. The number of benzene rings is 1. The number of halogens is 1. The third-order valence-electron chi connectivity index (χ3n) is 5.36. The van der Waals surface area contributed by atoms with Crippen molar-refractivity contribution < 1.29 is 18.7 Å². The zero-order valence-electron chi connectivity index (χ0n) is 16.3. The van der Waals surface area contributed by atoms with Gasteiger partial charge in [0.2, 0.25) is 0 Å². The van der Waals surface area contributed by atoms with Crippen LogP contribution in [0.2, 0.25) is 5.02 Å². The molecule has 0 N–H and O–H groups in total. The van der Waals surface area contributed by atoms with Gasteiger partial charge in [0.15, 0.2) is 5.58 Å². The summed E-state index contributed by atoms with van der Waals surface area (Å²) < 4.78 is 12.6. The molecule has 3 aromatic rings. The van der Waals surface area contributed by atoms with Crippen LogP contribution in [0.15, 0.2) is 47.1 Å². The van der Waals surface area contributed by atoms with Crippen molar-refractivity contribution in [2.45, 2.75) is 26.3 Å². The van der Waals surface area contributed by atoms with E-state index < -0.39 is 0 Å². The molecule has 0 saturated carbocycles. The molecule has 6 nitrogen and oxygen atoms in total. The number of carbonyl (C=O) groups is 2. The molecule has 0 spiro atoms. The van der Waals surface area contributed by atoms with Crippen LogP contribution in [0.3, 0.4) is 0 Å². The molecule has 0 bridgehead atoms. The second kappa shape index (κ2) is 8.33. The van der Waals surface area contributed by atoms with E-state index in [1.165, 1.54) is 0 Å². The molecule has 4 rings (SSSR count). The molecular weight excluding hydrogens is 392 g/mol. The Bertz CT molecular complexity index is 1040. The maximum absolute atomic E-state index is 13.4. The van der Waals surface area contributed by atoms with Crippen LogP contribution >= 0.6 is 11.6 Å². The van der Waals surface area contributed by atoms with Crippen LogP contribution in [0.1, 0.15) is 35.8 Å². The van der Waals surface area contributed by atoms with Gasteiger partial charge in [0, 0.05) is 36.8 Å². The molecule has 1 amide bonds. The van der Waals surface area contributed by atoms with E-state index in [9.17, 15) is 9.59 Å². The van der Waals surface area contributed by atoms with E-state index in [-0.39, 0.29) is 17.8 Å². The minimum Gasteiger partial charge on any atom is -0.466 e. The summed E-state index contributed by atoms with van der Waals surface area (Å²) in [4.78, 5) is 27.3. The molecule has 1 aliphatic rings. The second-order valence-corrected chi connectivity index (χ2v) is 7.63. The quantitative estimate of drug-likeness (QED) is 0.582. The van der Waals surface area contributed by atoms with Gasteiger partial charge in [0.25, 0.3) is 5.91 Å². The number of likely N-dealkylation sites (tertiary alicyclic amines) is 1. The SMILES string of the molecule is CCOC(=O)C1CCCN(C(=O)c2cc3occc3n2Cc2ccccc2Cl)C1. The topological polar surface area (TPSA) is 64.7 Å². The zero-order chi connectivity index (χ0) is 20.4. The highest BCUT2D eigenvalue weighted by Crippen LogP contribution is 2.27. The van der Waals surface area contributed by atoms with E-state index in [1.807, 2.05) is 34.9 Å². The lowest BCUT2D eigenvalue weighted by Gasteiger charge is -2.31. The Morgan fingerprint density at radius 1 is 1.28 bits per heavy atom. The summed E-state index contributed by atoms with van der Waals surface area (Å²) in [5, 5.41) is 0.650. The maximum Gasteiger partial charge on any atom is 0.310 e. The number of nitrogens with zero attached hydrogens (tertiary/aromatic N) is 2. The molecule has 29 heavy (non-hydrogen) atoms. The lowest BCUT2D eigenvalue weighted by molar-refractivity contribution is -0.149. The first kappa shape index (κ1) is 19.6. The molecule has 152 valence electrons. The average Bonchev–Trinajstić information content (AvgIpc) is 3.32. The summed E-state index contributed by atoms with van der Waals surface area (Å²) >= 11 is 6.35. The molecule has 1 aromatic carbocycles. The molecule has 1 unspecified atom stereocenters. The van der Waals surface area contributed by atoms with Gasteiger partial charge in [0.05, 0.1) is 24.3 Å². The van der Waals surface area contributed by atoms with Gasteiger partial charge in [-0.2, -0.15) is 0 Å². The Balaban J connectivity index is 1.63. The van der Waals surface area contributed by atoms with Gasteiger partial charge < -0.3 is 18.6 Å². The standard InChI is InChI=1S/C22H23ClN2O4/c1-2-28-22(27)16-7-5-10-24(13-16)21(26)19-12-20-18(9-11-29-20)25(19)14-15-6-3-4-8-17(15)23/h3-4,6,8-9,11-12,16H,2,5,7,10,13-14H2,1H3. The third-order valence-corrected chi connectivity index (χ3v) is 5.73. The number of carbonyl (C=O) groups excluding carboxylic acids is 2. The number of esters is 1. The van der Waals surface area contributed by atoms with Crippen molar-refractivity contribution in [2.75, 3.05) is 19.7 Å². The zero-order valence-corrected chi connectivity index (χ0v) is 17.0. The van der Waals surface area contributed by atoms with Gasteiger partial charge in [-0.1, -0.05) is 29.8 Å². The van der Waals surface area contributed by atoms with Crippen molar-refractivity contribution in [3.8, 4) is 0 Å². The minimum absolute atomic E-state index is 0.113. The molecule has 1 fully saturated rings. The van der Waals surface area contributed by atoms with Gasteiger partial charge in [-0.05, 0) is 31.4 Å². The number of amides is 1. The fraction of sp³-hybridized carbons (Fsp3) is 0.364. The van der Waals surface area contributed by atoms with Gasteiger partial charge in [-0.3, -0.25) is 9.59 Å². The first-order valence-electron chi connectivity index (χ1n) is 9.84. The summed E-state index contributed by atoms with van der Waals surface area (Å²) in [5.41, 5.74) is 2.94. The van der Waals surface area contributed by atoms with Crippen molar-refractivity contribution in [3.05, 3.63) is 58.9 Å². The molecule has 0 radical (unpaired) electrons. The van der Waals surface area contributed by atoms with Gasteiger partial charge >= 0.3 is 5.97 Å². The smallest absolute Gasteiger partial charge is 0.310 e. The van der Waals surface area contributed by atoms with E-state index in [1.54, 1.807) is 24.2 Å².